The molecule has 0 radical (unpaired) electrons. The molecule has 2 aromatic heterocycles. The van der Waals surface area contributed by atoms with Gasteiger partial charge in [-0.3, -0.25) is 0 Å². The van der Waals surface area contributed by atoms with Crippen LogP contribution in [0.1, 0.15) is 0 Å². The second kappa shape index (κ2) is 16.2. The average Bonchev–Trinajstić information content (AvgIpc) is 3.79. The molecule has 4 heteroatoms. The molecule has 304 valence electrons. The van der Waals surface area contributed by atoms with Crippen molar-refractivity contribution >= 4 is 32.7 Å². The van der Waals surface area contributed by atoms with E-state index < -0.39 is 0 Å². The number of furan rings is 1. The topological polar surface area (TPSA) is 51.8 Å². The van der Waals surface area contributed by atoms with Gasteiger partial charge >= 0.3 is 0 Å². The third-order valence-corrected chi connectivity index (χ3v) is 12.4. The third kappa shape index (κ3) is 7.23. The molecule has 0 fully saturated rings. The van der Waals surface area contributed by atoms with Crippen LogP contribution in [0.2, 0.25) is 0 Å². The summed E-state index contributed by atoms with van der Waals surface area (Å²) in [5.41, 5.74) is 15.8. The predicted octanol–water partition coefficient (Wildman–Crippen LogP) is 16.3. The summed E-state index contributed by atoms with van der Waals surface area (Å²) < 4.78 is 6.78. The average molecular weight is 830 g/mol. The molecule has 0 aliphatic carbocycles. The minimum absolute atomic E-state index is 0.579. The van der Waals surface area contributed by atoms with E-state index in [0.717, 1.165) is 77.2 Å². The largest absolute Gasteiger partial charge is 0.455 e. The predicted molar refractivity (Wildman–Crippen MR) is 268 cm³/mol. The molecule has 0 aliphatic heterocycles. The van der Waals surface area contributed by atoms with E-state index in [4.69, 9.17) is 19.4 Å². The van der Waals surface area contributed by atoms with Crippen LogP contribution < -0.4 is 0 Å². The van der Waals surface area contributed by atoms with Gasteiger partial charge in [0.05, 0.1) is 0 Å². The van der Waals surface area contributed by atoms with Crippen molar-refractivity contribution in [2.24, 2.45) is 0 Å². The fraction of sp³-hybridized carbons (Fsp3) is 0. The fourth-order valence-corrected chi connectivity index (χ4v) is 9.01. The number of benzene rings is 10. The summed E-state index contributed by atoms with van der Waals surface area (Å²) in [6, 6.07) is 82.9. The Hall–Kier alpha value is -8.73. The van der Waals surface area contributed by atoms with Gasteiger partial charge in [0.2, 0.25) is 0 Å². The summed E-state index contributed by atoms with van der Waals surface area (Å²) >= 11 is 0. The standard InChI is InChI=1S/C61H39N3O/c1-4-13-40(14-5-1)43-25-27-44(28-26-43)45-29-31-46(32-30-45)59-62-60(52-36-35-49-37-48(33-34-50(49)39-52)42-17-8-3-9-18-42)64-61(63-59)55-23-12-24-56-57(55)54-22-11-21-53(58(54)65-56)51-20-10-19-47(38-51)41-15-6-2-7-16-41/h1-39H. The Morgan fingerprint density at radius 2 is 0.677 bits per heavy atom. The Kier molecular flexibility index (Phi) is 9.46. The van der Waals surface area contributed by atoms with E-state index in [1.165, 1.54) is 27.8 Å². The lowest BCUT2D eigenvalue weighted by Crippen LogP contribution is -2.00. The fourth-order valence-electron chi connectivity index (χ4n) is 9.01. The number of hydrogen-bond donors (Lipinski definition) is 0. The Labute approximate surface area is 376 Å². The molecule has 0 saturated heterocycles. The molecule has 0 bridgehead atoms. The number of rotatable bonds is 8. The van der Waals surface area contributed by atoms with Gasteiger partial charge in [-0.05, 0) is 85.1 Å². The van der Waals surface area contributed by atoms with Gasteiger partial charge in [-0.25, -0.2) is 15.0 Å². The van der Waals surface area contributed by atoms with Crippen LogP contribution in [-0.2, 0) is 0 Å². The van der Waals surface area contributed by atoms with Gasteiger partial charge in [-0.15, -0.1) is 0 Å². The molecule has 2 heterocycles. The Morgan fingerprint density at radius 3 is 1.31 bits per heavy atom. The van der Waals surface area contributed by atoms with Crippen LogP contribution in [0.3, 0.4) is 0 Å². The smallest absolute Gasteiger partial charge is 0.164 e. The van der Waals surface area contributed by atoms with Crippen molar-refractivity contribution in [3.63, 3.8) is 0 Å². The molecule has 0 saturated carbocycles. The molecule has 0 aliphatic rings. The summed E-state index contributed by atoms with van der Waals surface area (Å²) in [5.74, 6) is 1.77. The Morgan fingerprint density at radius 1 is 0.262 bits per heavy atom. The van der Waals surface area contributed by atoms with Gasteiger partial charge < -0.3 is 4.42 Å². The number of hydrogen-bond acceptors (Lipinski definition) is 4. The summed E-state index contributed by atoms with van der Waals surface area (Å²) in [4.78, 5) is 15.7. The van der Waals surface area contributed by atoms with Crippen LogP contribution in [0.4, 0.5) is 0 Å². The minimum Gasteiger partial charge on any atom is -0.455 e. The molecule has 0 atom stereocenters. The first-order valence-electron chi connectivity index (χ1n) is 21.9. The lowest BCUT2D eigenvalue weighted by molar-refractivity contribution is 0.670. The number of para-hydroxylation sites is 1. The Bertz CT molecular complexity index is 3670. The normalized spacial score (nSPS) is 11.4. The maximum absolute atomic E-state index is 6.78. The number of aromatic nitrogens is 3. The van der Waals surface area contributed by atoms with Gasteiger partial charge in [-0.2, -0.15) is 0 Å². The highest BCUT2D eigenvalue weighted by Gasteiger charge is 2.20. The summed E-state index contributed by atoms with van der Waals surface area (Å²) in [5, 5.41) is 4.23. The maximum atomic E-state index is 6.78. The molecule has 0 amide bonds. The Balaban J connectivity index is 0.976. The molecule has 0 N–H and O–H groups in total. The zero-order chi connectivity index (χ0) is 43.1. The molecular formula is C61H39N3O. The zero-order valence-corrected chi connectivity index (χ0v) is 35.3. The maximum Gasteiger partial charge on any atom is 0.164 e. The van der Waals surface area contributed by atoms with Crippen LogP contribution in [0.15, 0.2) is 241 Å². The molecule has 0 spiro atoms. The van der Waals surface area contributed by atoms with Gasteiger partial charge in [0.15, 0.2) is 17.5 Å². The van der Waals surface area contributed by atoms with Gasteiger partial charge in [0, 0.05) is 33.0 Å². The second-order valence-electron chi connectivity index (χ2n) is 16.4. The van der Waals surface area contributed by atoms with Crippen molar-refractivity contribution in [3.05, 3.63) is 237 Å². The SMILES string of the molecule is c1ccc(-c2ccc(-c3ccc(-c4nc(-c5ccc6cc(-c7ccccc7)ccc6c5)nc(-c5cccc6oc7c(-c8cccc(-c9ccccc9)c8)cccc7c56)n4)cc3)cc2)cc1. The number of nitrogens with zero attached hydrogens (tertiary/aromatic N) is 3. The first-order valence-corrected chi connectivity index (χ1v) is 21.9. The lowest BCUT2D eigenvalue weighted by Gasteiger charge is -2.11. The van der Waals surface area contributed by atoms with E-state index in [1.54, 1.807) is 0 Å². The van der Waals surface area contributed by atoms with Crippen LogP contribution in [-0.4, -0.2) is 15.0 Å². The van der Waals surface area contributed by atoms with Crippen LogP contribution in [0.5, 0.6) is 0 Å². The highest BCUT2D eigenvalue weighted by molar-refractivity contribution is 6.15. The molecular weight excluding hydrogens is 791 g/mol. The van der Waals surface area contributed by atoms with Crippen LogP contribution in [0, 0.1) is 0 Å². The highest BCUT2D eigenvalue weighted by atomic mass is 16.3. The third-order valence-electron chi connectivity index (χ3n) is 12.4. The van der Waals surface area contributed by atoms with Crippen molar-refractivity contribution in [1.29, 1.82) is 0 Å². The summed E-state index contributed by atoms with van der Waals surface area (Å²) in [7, 11) is 0. The zero-order valence-electron chi connectivity index (χ0n) is 35.3. The van der Waals surface area contributed by atoms with Gasteiger partial charge in [0.25, 0.3) is 0 Å². The van der Waals surface area contributed by atoms with Crippen molar-refractivity contribution in [3.8, 4) is 89.8 Å². The van der Waals surface area contributed by atoms with E-state index in [2.05, 4.69) is 206 Å². The highest BCUT2D eigenvalue weighted by Crippen LogP contribution is 2.41. The van der Waals surface area contributed by atoms with Crippen molar-refractivity contribution < 1.29 is 4.42 Å². The summed E-state index contributed by atoms with van der Waals surface area (Å²) in [6.45, 7) is 0. The lowest BCUT2D eigenvalue weighted by atomic mass is 9.97. The molecule has 4 nitrogen and oxygen atoms in total. The van der Waals surface area contributed by atoms with Crippen molar-refractivity contribution in [2.75, 3.05) is 0 Å². The first-order chi connectivity index (χ1) is 32.2. The van der Waals surface area contributed by atoms with Gasteiger partial charge in [-0.1, -0.05) is 212 Å². The molecule has 12 aromatic rings. The monoisotopic (exact) mass is 829 g/mol. The summed E-state index contributed by atoms with van der Waals surface area (Å²) in [6.07, 6.45) is 0. The van der Waals surface area contributed by atoms with E-state index in [1.807, 2.05) is 30.3 Å². The van der Waals surface area contributed by atoms with Crippen molar-refractivity contribution in [1.82, 2.24) is 15.0 Å². The van der Waals surface area contributed by atoms with E-state index in [0.29, 0.717) is 17.5 Å². The van der Waals surface area contributed by atoms with Crippen LogP contribution in [0.25, 0.3) is 123 Å². The van der Waals surface area contributed by atoms with Crippen LogP contribution >= 0.6 is 0 Å². The molecule has 0 unspecified atom stereocenters. The van der Waals surface area contributed by atoms with Crippen molar-refractivity contribution in [2.45, 2.75) is 0 Å². The van der Waals surface area contributed by atoms with E-state index >= 15 is 0 Å². The molecule has 65 heavy (non-hydrogen) atoms. The first kappa shape index (κ1) is 38.0. The van der Waals surface area contributed by atoms with E-state index in [9.17, 15) is 0 Å². The second-order valence-corrected chi connectivity index (χ2v) is 16.4. The molecule has 12 rings (SSSR count). The minimum atomic E-state index is 0.579. The van der Waals surface area contributed by atoms with E-state index in [-0.39, 0.29) is 0 Å². The number of fused-ring (bicyclic) bond motifs is 4. The molecule has 10 aromatic carbocycles. The quantitative estimate of drug-likeness (QED) is 0.153. The van der Waals surface area contributed by atoms with Gasteiger partial charge in [0.1, 0.15) is 11.2 Å².